The van der Waals surface area contributed by atoms with Crippen molar-refractivity contribution in [2.75, 3.05) is 5.32 Å². The number of hydrogen-bond acceptors (Lipinski definition) is 5. The number of halogens is 2. The maximum absolute atomic E-state index is 13.4. The number of carbonyl (C=O) groups is 1. The van der Waals surface area contributed by atoms with E-state index in [1.54, 1.807) is 24.3 Å². The van der Waals surface area contributed by atoms with Crippen LogP contribution in [0.25, 0.3) is 0 Å². The van der Waals surface area contributed by atoms with Gasteiger partial charge in [-0.1, -0.05) is 52.6 Å². The number of aryl methyl sites for hydroxylation is 1. The Morgan fingerprint density at radius 1 is 1.13 bits per heavy atom. The van der Waals surface area contributed by atoms with Gasteiger partial charge in [0.05, 0.1) is 21.3 Å². The fourth-order valence-electron chi connectivity index (χ4n) is 4.55. The van der Waals surface area contributed by atoms with Crippen molar-refractivity contribution in [3.05, 3.63) is 86.2 Å². The monoisotopic (exact) mass is 440 g/mol. The van der Waals surface area contributed by atoms with Gasteiger partial charge in [-0.25, -0.2) is 0 Å². The minimum Gasteiger partial charge on any atom is -0.508 e. The van der Waals surface area contributed by atoms with E-state index in [2.05, 4.69) is 10.5 Å². The maximum Gasteiger partial charge on any atom is 0.233 e. The van der Waals surface area contributed by atoms with Crippen molar-refractivity contribution in [2.24, 2.45) is 0 Å². The van der Waals surface area contributed by atoms with Crippen LogP contribution in [0.4, 0.5) is 5.88 Å². The first-order valence-electron chi connectivity index (χ1n) is 9.66. The van der Waals surface area contributed by atoms with Crippen LogP contribution in [0.1, 0.15) is 47.1 Å². The van der Waals surface area contributed by atoms with E-state index < -0.39 is 0 Å². The molecule has 0 amide bonds. The molecule has 0 spiro atoms. The molecule has 2 heterocycles. The summed E-state index contributed by atoms with van der Waals surface area (Å²) in [7, 11) is 0. The number of phenolic OH excluding ortho intramolecular Hbond substituents is 1. The molecular formula is C23H18Cl2N2O3. The van der Waals surface area contributed by atoms with Crippen molar-refractivity contribution in [3.8, 4) is 5.75 Å². The van der Waals surface area contributed by atoms with Gasteiger partial charge < -0.3 is 14.9 Å². The molecule has 2 N–H and O–H groups in total. The summed E-state index contributed by atoms with van der Waals surface area (Å²) in [6.45, 7) is 1.86. The van der Waals surface area contributed by atoms with E-state index in [1.807, 2.05) is 25.1 Å². The highest BCUT2D eigenvalue weighted by Crippen LogP contribution is 2.50. The lowest BCUT2D eigenvalue weighted by molar-refractivity contribution is -0.116. The Labute approximate surface area is 183 Å². The zero-order chi connectivity index (χ0) is 21.0. The molecule has 1 aliphatic carbocycles. The number of para-hydroxylation sites is 1. The first-order valence-corrected chi connectivity index (χ1v) is 10.4. The Morgan fingerprint density at radius 3 is 2.70 bits per heavy atom. The smallest absolute Gasteiger partial charge is 0.233 e. The quantitative estimate of drug-likeness (QED) is 0.514. The largest absolute Gasteiger partial charge is 0.508 e. The number of carbonyl (C=O) groups excluding carboxylic acids is 1. The topological polar surface area (TPSA) is 75.4 Å². The van der Waals surface area contributed by atoms with Crippen LogP contribution in [0.5, 0.6) is 5.75 Å². The number of nitrogens with one attached hydrogen (secondary N) is 1. The number of aromatic hydroxyl groups is 1. The van der Waals surface area contributed by atoms with Crippen molar-refractivity contribution in [1.29, 1.82) is 0 Å². The molecule has 5 rings (SSSR count). The third kappa shape index (κ3) is 3.01. The highest BCUT2D eigenvalue weighted by molar-refractivity contribution is 6.42. The van der Waals surface area contributed by atoms with Gasteiger partial charge in [-0.2, -0.15) is 0 Å². The third-order valence-corrected chi connectivity index (χ3v) is 6.65. The molecule has 0 radical (unpaired) electrons. The molecule has 3 aromatic rings. The van der Waals surface area contributed by atoms with E-state index in [0.29, 0.717) is 34.3 Å². The van der Waals surface area contributed by atoms with Crippen molar-refractivity contribution >= 4 is 34.9 Å². The highest BCUT2D eigenvalue weighted by atomic mass is 35.5. The van der Waals surface area contributed by atoms with Crippen LogP contribution < -0.4 is 5.32 Å². The molecule has 0 saturated carbocycles. The van der Waals surface area contributed by atoms with E-state index in [1.165, 1.54) is 0 Å². The number of phenols is 1. The van der Waals surface area contributed by atoms with Crippen LogP contribution in [0, 0.1) is 6.92 Å². The molecule has 0 saturated heterocycles. The predicted molar refractivity (Wildman–Crippen MR) is 115 cm³/mol. The zero-order valence-electron chi connectivity index (χ0n) is 16.1. The van der Waals surface area contributed by atoms with E-state index in [9.17, 15) is 9.90 Å². The van der Waals surface area contributed by atoms with Gasteiger partial charge in [-0.05, 0) is 42.7 Å². The lowest BCUT2D eigenvalue weighted by Gasteiger charge is -2.34. The number of nitrogens with zero attached hydrogens (tertiary/aromatic N) is 1. The lowest BCUT2D eigenvalue weighted by Crippen LogP contribution is -2.29. The number of benzene rings is 2. The van der Waals surface area contributed by atoms with Gasteiger partial charge in [0.25, 0.3) is 0 Å². The normalized spacial score (nSPS) is 20.6. The summed E-state index contributed by atoms with van der Waals surface area (Å²) in [5, 5.41) is 18.6. The fourth-order valence-corrected chi connectivity index (χ4v) is 4.86. The number of hydrogen-bond donors (Lipinski definition) is 2. The summed E-state index contributed by atoms with van der Waals surface area (Å²) in [5.41, 5.74) is 4.67. The minimum atomic E-state index is -0.338. The Morgan fingerprint density at radius 2 is 1.93 bits per heavy atom. The molecule has 5 nitrogen and oxygen atoms in total. The number of allylic oxidation sites excluding steroid dienone is 2. The molecule has 0 unspecified atom stereocenters. The second kappa shape index (κ2) is 7.18. The van der Waals surface area contributed by atoms with Crippen LogP contribution in [0.3, 0.4) is 0 Å². The summed E-state index contributed by atoms with van der Waals surface area (Å²) in [6, 6.07) is 12.6. The Balaban J connectivity index is 1.64. The maximum atomic E-state index is 13.4. The summed E-state index contributed by atoms with van der Waals surface area (Å²) >= 11 is 12.4. The van der Waals surface area contributed by atoms with Crippen molar-refractivity contribution < 1.29 is 14.4 Å². The average Bonchev–Trinajstić information content (AvgIpc) is 3.09. The summed E-state index contributed by atoms with van der Waals surface area (Å²) in [5.74, 6) is 0.305. The second-order valence-corrected chi connectivity index (χ2v) is 8.54. The van der Waals surface area contributed by atoms with E-state index in [0.717, 1.165) is 28.1 Å². The first-order chi connectivity index (χ1) is 14.4. The molecule has 0 bridgehead atoms. The number of rotatable bonds is 2. The number of fused-ring (bicyclic) bond motifs is 1. The Hall–Kier alpha value is -2.76. The van der Waals surface area contributed by atoms with E-state index in [-0.39, 0.29) is 23.4 Å². The molecule has 1 aromatic heterocycles. The summed E-state index contributed by atoms with van der Waals surface area (Å²) < 4.78 is 5.53. The SMILES string of the molecule is Cc1noc2c1[C@@H](c1ccc(Cl)c(Cl)c1)C1=C(C[C@H](c3ccccc3O)CC1=O)N2. The van der Waals surface area contributed by atoms with Gasteiger partial charge in [0, 0.05) is 29.5 Å². The van der Waals surface area contributed by atoms with Gasteiger partial charge in [0.1, 0.15) is 5.75 Å². The molecular weight excluding hydrogens is 423 g/mol. The second-order valence-electron chi connectivity index (χ2n) is 7.72. The van der Waals surface area contributed by atoms with Crippen molar-refractivity contribution in [1.82, 2.24) is 5.16 Å². The fraction of sp³-hybridized carbons (Fsp3) is 0.217. The van der Waals surface area contributed by atoms with Crippen molar-refractivity contribution in [2.45, 2.75) is 31.6 Å². The standard InChI is InChI=1S/C23H18Cl2N2O3/c1-11-20-21(12-6-7-15(24)16(25)8-12)22-17(26-23(20)30-27-11)9-13(10-19(22)29)14-4-2-3-5-18(14)28/h2-8,13,21,26,28H,9-10H2,1H3/t13-,21+/m0/s1. The zero-order valence-corrected chi connectivity index (χ0v) is 17.6. The molecule has 2 atom stereocenters. The van der Waals surface area contributed by atoms with Gasteiger partial charge in [0.15, 0.2) is 5.78 Å². The summed E-state index contributed by atoms with van der Waals surface area (Å²) in [4.78, 5) is 13.4. The van der Waals surface area contributed by atoms with Crippen LogP contribution in [0.2, 0.25) is 10.0 Å². The lowest BCUT2D eigenvalue weighted by atomic mass is 9.72. The molecule has 152 valence electrons. The van der Waals surface area contributed by atoms with Gasteiger partial charge in [0.2, 0.25) is 5.88 Å². The highest BCUT2D eigenvalue weighted by Gasteiger charge is 2.41. The molecule has 1 aliphatic heterocycles. The molecule has 30 heavy (non-hydrogen) atoms. The Kier molecular flexibility index (Phi) is 4.60. The minimum absolute atomic E-state index is 0.0272. The van der Waals surface area contributed by atoms with E-state index >= 15 is 0 Å². The van der Waals surface area contributed by atoms with Crippen LogP contribution in [-0.2, 0) is 4.79 Å². The first kappa shape index (κ1) is 19.2. The molecule has 7 heteroatoms. The Bertz CT molecular complexity index is 1210. The van der Waals surface area contributed by atoms with Crippen LogP contribution in [-0.4, -0.2) is 16.0 Å². The number of Topliss-reactive ketones (excluding diaryl/α,β-unsaturated/α-hetero) is 1. The van der Waals surface area contributed by atoms with Gasteiger partial charge >= 0.3 is 0 Å². The van der Waals surface area contributed by atoms with Crippen LogP contribution >= 0.6 is 23.2 Å². The van der Waals surface area contributed by atoms with Crippen molar-refractivity contribution in [3.63, 3.8) is 0 Å². The summed E-state index contributed by atoms with van der Waals surface area (Å²) in [6.07, 6.45) is 0.894. The number of aromatic nitrogens is 1. The third-order valence-electron chi connectivity index (χ3n) is 5.91. The predicted octanol–water partition coefficient (Wildman–Crippen LogP) is 5.95. The van der Waals surface area contributed by atoms with E-state index in [4.69, 9.17) is 27.7 Å². The van der Waals surface area contributed by atoms with Gasteiger partial charge in [-0.3, -0.25) is 4.79 Å². The molecule has 2 aromatic carbocycles. The molecule has 0 fully saturated rings. The average molecular weight is 441 g/mol. The number of ketones is 1. The van der Waals surface area contributed by atoms with Gasteiger partial charge in [-0.15, -0.1) is 0 Å². The molecule has 2 aliphatic rings. The van der Waals surface area contributed by atoms with Crippen LogP contribution in [0.15, 0.2) is 58.3 Å². The number of anilines is 1.